The summed E-state index contributed by atoms with van der Waals surface area (Å²) < 4.78 is 12.5. The van der Waals surface area contributed by atoms with E-state index < -0.39 is 6.17 Å². The minimum Gasteiger partial charge on any atom is -0.231 e. The molecule has 0 aromatic heterocycles. The van der Waals surface area contributed by atoms with Crippen molar-refractivity contribution in [1.29, 1.82) is 5.26 Å². The normalized spacial score (nSPS) is 12.0. The summed E-state index contributed by atoms with van der Waals surface area (Å²) in [5.41, 5.74) is 1.08. The minimum atomic E-state index is -1.33. The van der Waals surface area contributed by atoms with Gasteiger partial charge in [0.05, 0.1) is 6.07 Å². The maximum absolute atomic E-state index is 12.5. The number of halogens is 1. The Morgan fingerprint density at radius 1 is 1.33 bits per heavy atom. The third kappa shape index (κ3) is 2.71. The highest BCUT2D eigenvalue weighted by Gasteiger charge is 2.02. The number of nitriles is 1. The van der Waals surface area contributed by atoms with E-state index in [2.05, 4.69) is 0 Å². The van der Waals surface area contributed by atoms with Crippen molar-refractivity contribution in [1.82, 2.24) is 0 Å². The zero-order valence-electron chi connectivity index (χ0n) is 6.70. The van der Waals surface area contributed by atoms with Crippen LogP contribution in [0.1, 0.15) is 12.0 Å². The van der Waals surface area contributed by atoms with Gasteiger partial charge in [0.15, 0.2) is 6.17 Å². The summed E-state index contributed by atoms with van der Waals surface area (Å²) in [6.07, 6.45) is -0.402. The van der Waals surface area contributed by atoms with Gasteiger partial charge in [-0.25, -0.2) is 4.39 Å². The molecule has 1 aromatic carbocycles. The van der Waals surface area contributed by atoms with Crippen LogP contribution >= 0.6 is 0 Å². The van der Waals surface area contributed by atoms with E-state index in [1.807, 2.05) is 30.3 Å². The lowest BCUT2D eigenvalue weighted by atomic mass is 10.1. The Hall–Kier alpha value is -1.36. The van der Waals surface area contributed by atoms with Crippen LogP contribution in [0.25, 0.3) is 0 Å². The molecule has 1 atom stereocenters. The van der Waals surface area contributed by atoms with Crippen LogP contribution in [0.3, 0.4) is 0 Å². The van der Waals surface area contributed by atoms with Crippen molar-refractivity contribution >= 4 is 0 Å². The van der Waals surface area contributed by atoms with Gasteiger partial charge in [0.25, 0.3) is 0 Å². The molecule has 0 amide bonds. The van der Waals surface area contributed by atoms with Crippen molar-refractivity contribution in [2.75, 3.05) is 0 Å². The Balaban J connectivity index is 2.40. The first-order chi connectivity index (χ1) is 5.83. The van der Waals surface area contributed by atoms with Crippen LogP contribution in [0.5, 0.6) is 0 Å². The van der Waals surface area contributed by atoms with E-state index in [4.69, 9.17) is 5.26 Å². The lowest BCUT2D eigenvalue weighted by Crippen LogP contribution is -1.97. The number of aryl methyl sites for hydroxylation is 1. The molecule has 0 aliphatic rings. The molecule has 62 valence electrons. The molecule has 1 aromatic rings. The first-order valence-corrected chi connectivity index (χ1v) is 3.90. The SMILES string of the molecule is N#CC(F)CCc1ccccc1. The van der Waals surface area contributed by atoms with Gasteiger partial charge in [0, 0.05) is 0 Å². The molecule has 0 fully saturated rings. The quantitative estimate of drug-likeness (QED) is 0.671. The van der Waals surface area contributed by atoms with E-state index in [1.54, 1.807) is 6.07 Å². The highest BCUT2D eigenvalue weighted by molar-refractivity contribution is 5.14. The first-order valence-electron chi connectivity index (χ1n) is 3.90. The second kappa shape index (κ2) is 4.50. The van der Waals surface area contributed by atoms with Crippen LogP contribution in [0.2, 0.25) is 0 Å². The van der Waals surface area contributed by atoms with E-state index in [0.717, 1.165) is 5.56 Å². The zero-order chi connectivity index (χ0) is 8.81. The fraction of sp³-hybridized carbons (Fsp3) is 0.300. The van der Waals surface area contributed by atoms with Gasteiger partial charge in [0.1, 0.15) is 0 Å². The van der Waals surface area contributed by atoms with Crippen molar-refractivity contribution in [3.05, 3.63) is 35.9 Å². The van der Waals surface area contributed by atoms with Crippen molar-refractivity contribution in [2.45, 2.75) is 19.0 Å². The molecule has 1 rings (SSSR count). The third-order valence-electron chi connectivity index (χ3n) is 1.67. The van der Waals surface area contributed by atoms with E-state index in [1.165, 1.54) is 0 Å². The molecule has 0 N–H and O–H groups in total. The van der Waals surface area contributed by atoms with E-state index in [-0.39, 0.29) is 0 Å². The predicted octanol–water partition coefficient (Wildman–Crippen LogP) is 2.48. The van der Waals surface area contributed by atoms with Crippen LogP contribution in [0, 0.1) is 11.3 Å². The van der Waals surface area contributed by atoms with Crippen LogP contribution in [-0.4, -0.2) is 6.17 Å². The molecule has 2 heteroatoms. The molecule has 0 saturated heterocycles. The van der Waals surface area contributed by atoms with Crippen LogP contribution in [0.4, 0.5) is 4.39 Å². The van der Waals surface area contributed by atoms with Gasteiger partial charge >= 0.3 is 0 Å². The van der Waals surface area contributed by atoms with Crippen LogP contribution in [-0.2, 0) is 6.42 Å². The summed E-state index contributed by atoms with van der Waals surface area (Å²) in [5.74, 6) is 0. The molecular weight excluding hydrogens is 153 g/mol. The van der Waals surface area contributed by atoms with E-state index in [9.17, 15) is 4.39 Å². The topological polar surface area (TPSA) is 23.8 Å². The van der Waals surface area contributed by atoms with Crippen molar-refractivity contribution in [3.8, 4) is 6.07 Å². The van der Waals surface area contributed by atoms with Gasteiger partial charge in [-0.3, -0.25) is 0 Å². The van der Waals surface area contributed by atoms with Crippen molar-refractivity contribution in [3.63, 3.8) is 0 Å². The highest BCUT2D eigenvalue weighted by Crippen LogP contribution is 2.06. The smallest absolute Gasteiger partial charge is 0.186 e. The molecule has 1 unspecified atom stereocenters. The Morgan fingerprint density at radius 3 is 2.58 bits per heavy atom. The molecule has 12 heavy (non-hydrogen) atoms. The summed E-state index contributed by atoms with van der Waals surface area (Å²) in [6.45, 7) is 0. The Labute approximate surface area is 71.4 Å². The second-order valence-electron chi connectivity index (χ2n) is 2.62. The maximum Gasteiger partial charge on any atom is 0.186 e. The largest absolute Gasteiger partial charge is 0.231 e. The van der Waals surface area contributed by atoms with Gasteiger partial charge in [-0.1, -0.05) is 30.3 Å². The van der Waals surface area contributed by atoms with Gasteiger partial charge in [-0.05, 0) is 18.4 Å². The van der Waals surface area contributed by atoms with E-state index >= 15 is 0 Å². The lowest BCUT2D eigenvalue weighted by molar-refractivity contribution is 0.387. The standard InChI is InChI=1S/C10H10FN/c11-10(8-12)7-6-9-4-2-1-3-5-9/h1-5,10H,6-7H2. The van der Waals surface area contributed by atoms with Gasteiger partial charge < -0.3 is 0 Å². The monoisotopic (exact) mass is 163 g/mol. The molecule has 0 aliphatic heterocycles. The number of hydrogen-bond acceptors (Lipinski definition) is 1. The van der Waals surface area contributed by atoms with Crippen molar-refractivity contribution in [2.24, 2.45) is 0 Å². The summed E-state index contributed by atoms with van der Waals surface area (Å²) in [4.78, 5) is 0. The fourth-order valence-corrected chi connectivity index (χ4v) is 1.00. The highest BCUT2D eigenvalue weighted by atomic mass is 19.1. The summed E-state index contributed by atoms with van der Waals surface area (Å²) in [5, 5.41) is 8.19. The molecule has 0 heterocycles. The third-order valence-corrected chi connectivity index (χ3v) is 1.67. The Bertz CT molecular complexity index is 263. The average Bonchev–Trinajstić information content (AvgIpc) is 2.16. The number of benzene rings is 1. The lowest BCUT2D eigenvalue weighted by Gasteiger charge is -1.99. The average molecular weight is 163 g/mol. The maximum atomic E-state index is 12.5. The van der Waals surface area contributed by atoms with Gasteiger partial charge in [0.2, 0.25) is 0 Å². The van der Waals surface area contributed by atoms with Crippen LogP contribution < -0.4 is 0 Å². The van der Waals surface area contributed by atoms with Crippen LogP contribution in [0.15, 0.2) is 30.3 Å². The predicted molar refractivity (Wildman–Crippen MR) is 45.3 cm³/mol. The van der Waals surface area contributed by atoms with Crippen molar-refractivity contribution < 1.29 is 4.39 Å². The Kier molecular flexibility index (Phi) is 3.28. The van der Waals surface area contributed by atoms with E-state index in [0.29, 0.717) is 12.8 Å². The first kappa shape index (κ1) is 8.73. The molecule has 0 spiro atoms. The minimum absolute atomic E-state index is 0.292. The summed E-state index contributed by atoms with van der Waals surface area (Å²) in [6, 6.07) is 11.2. The molecular formula is C10H10FN. The van der Waals surface area contributed by atoms with Gasteiger partial charge in [-0.2, -0.15) is 5.26 Å². The number of hydrogen-bond donors (Lipinski definition) is 0. The molecule has 1 nitrogen and oxygen atoms in total. The second-order valence-corrected chi connectivity index (χ2v) is 2.62. The molecule has 0 radical (unpaired) electrons. The molecule has 0 saturated carbocycles. The molecule has 0 aliphatic carbocycles. The number of nitrogens with zero attached hydrogens (tertiary/aromatic N) is 1. The van der Waals surface area contributed by atoms with Gasteiger partial charge in [-0.15, -0.1) is 0 Å². The number of alkyl halides is 1. The zero-order valence-corrected chi connectivity index (χ0v) is 6.70. The summed E-state index contributed by atoms with van der Waals surface area (Å²) >= 11 is 0. The number of rotatable bonds is 3. The summed E-state index contributed by atoms with van der Waals surface area (Å²) in [7, 11) is 0. The molecule has 0 bridgehead atoms. The Morgan fingerprint density at radius 2 is 2.00 bits per heavy atom. The fourth-order valence-electron chi connectivity index (χ4n) is 1.00.